The summed E-state index contributed by atoms with van der Waals surface area (Å²) in [6, 6.07) is 4.20. The number of likely N-dealkylation sites (N-methyl/N-ethyl adjacent to an activating group) is 1. The zero-order chi connectivity index (χ0) is 23.7. The maximum absolute atomic E-state index is 13.5. The van der Waals surface area contributed by atoms with E-state index in [4.69, 9.17) is 17.0 Å². The fourth-order valence-electron chi connectivity index (χ4n) is 3.75. The summed E-state index contributed by atoms with van der Waals surface area (Å²) >= 11 is 6.39. The number of hydrogen-bond acceptors (Lipinski definition) is 9. The summed E-state index contributed by atoms with van der Waals surface area (Å²) in [5, 5.41) is 2.74. The first-order valence-electron chi connectivity index (χ1n) is 10.2. The van der Waals surface area contributed by atoms with Crippen LogP contribution in [0.3, 0.4) is 0 Å². The molecule has 1 N–H and O–H groups in total. The van der Waals surface area contributed by atoms with Gasteiger partial charge < -0.3 is 15.0 Å². The Hall–Kier alpha value is -3.25. The maximum atomic E-state index is 13.5. The molecule has 0 radical (unpaired) electrons. The highest BCUT2D eigenvalue weighted by Gasteiger charge is 2.36. The van der Waals surface area contributed by atoms with E-state index in [1.807, 2.05) is 6.92 Å². The second-order valence-electron chi connectivity index (χ2n) is 7.29. The fraction of sp³-hybridized carbons (Fsp3) is 0.333. The normalized spacial score (nSPS) is 20.0. The standard InChI is InChI=1S/C21H21N5O5S2/c1-3-24-20(30)14(33-21(24)32)10-12-17(23-15-6-4-5-8-26(15)19(12)29)25-9-7-22-18(28)13(25)11-16(27)31-2/h4-6,8,10,13H,3,7,9,11H2,1-2H3,(H,22,28)/b14-10-/t13-/m1/s1. The number of carbonyl (C=O) groups excluding carboxylic acids is 3. The average molecular weight is 488 g/mol. The smallest absolute Gasteiger partial charge is 0.308 e. The molecule has 1 atom stereocenters. The van der Waals surface area contributed by atoms with Crippen molar-refractivity contribution in [3.05, 3.63) is 45.2 Å². The second kappa shape index (κ2) is 9.32. The van der Waals surface area contributed by atoms with Gasteiger partial charge >= 0.3 is 5.97 Å². The Labute approximate surface area is 198 Å². The molecule has 33 heavy (non-hydrogen) atoms. The van der Waals surface area contributed by atoms with Gasteiger partial charge in [-0.05, 0) is 25.1 Å². The van der Waals surface area contributed by atoms with Crippen molar-refractivity contribution >= 4 is 63.6 Å². The molecule has 2 aromatic heterocycles. The minimum atomic E-state index is -0.915. The molecule has 2 aliphatic heterocycles. The van der Waals surface area contributed by atoms with E-state index in [0.29, 0.717) is 34.5 Å². The molecule has 2 aliphatic rings. The van der Waals surface area contributed by atoms with E-state index in [1.165, 1.54) is 22.5 Å². The molecule has 0 aromatic carbocycles. The highest BCUT2D eigenvalue weighted by molar-refractivity contribution is 8.26. The van der Waals surface area contributed by atoms with Crippen molar-refractivity contribution in [3.63, 3.8) is 0 Å². The van der Waals surface area contributed by atoms with Crippen molar-refractivity contribution in [1.82, 2.24) is 19.6 Å². The lowest BCUT2D eigenvalue weighted by Gasteiger charge is -2.36. The number of rotatable bonds is 5. The third-order valence-electron chi connectivity index (χ3n) is 5.40. The molecule has 2 aromatic rings. The van der Waals surface area contributed by atoms with Crippen LogP contribution in [0.5, 0.6) is 0 Å². The predicted molar refractivity (Wildman–Crippen MR) is 128 cm³/mol. The zero-order valence-electron chi connectivity index (χ0n) is 17.9. The lowest BCUT2D eigenvalue weighted by atomic mass is 10.1. The number of nitrogens with one attached hydrogen (secondary N) is 1. The first-order valence-corrected chi connectivity index (χ1v) is 11.5. The zero-order valence-corrected chi connectivity index (χ0v) is 19.6. The van der Waals surface area contributed by atoms with Crippen LogP contribution >= 0.6 is 24.0 Å². The van der Waals surface area contributed by atoms with Crippen LogP contribution in [0, 0.1) is 0 Å². The topological polar surface area (TPSA) is 113 Å². The number of esters is 1. The molecule has 10 nitrogen and oxygen atoms in total. The Bertz CT molecular complexity index is 1260. The summed E-state index contributed by atoms with van der Waals surface area (Å²) in [6.07, 6.45) is 2.84. The van der Waals surface area contributed by atoms with Crippen LogP contribution in [0.25, 0.3) is 11.7 Å². The minimum absolute atomic E-state index is 0.139. The van der Waals surface area contributed by atoms with Gasteiger partial charge in [-0.3, -0.25) is 28.5 Å². The van der Waals surface area contributed by atoms with Crippen LogP contribution < -0.4 is 15.8 Å². The number of hydrogen-bond donors (Lipinski definition) is 1. The van der Waals surface area contributed by atoms with Gasteiger partial charge in [-0.25, -0.2) is 4.98 Å². The lowest BCUT2D eigenvalue weighted by Crippen LogP contribution is -2.57. The van der Waals surface area contributed by atoms with Crippen LogP contribution in [-0.2, 0) is 19.1 Å². The highest BCUT2D eigenvalue weighted by Crippen LogP contribution is 2.33. The third-order valence-corrected chi connectivity index (χ3v) is 6.78. The van der Waals surface area contributed by atoms with Gasteiger partial charge in [0.25, 0.3) is 11.5 Å². The van der Waals surface area contributed by atoms with Crippen molar-refractivity contribution in [1.29, 1.82) is 0 Å². The van der Waals surface area contributed by atoms with Crippen LogP contribution in [0.15, 0.2) is 34.1 Å². The number of methoxy groups -OCH3 is 1. The van der Waals surface area contributed by atoms with Crippen molar-refractivity contribution in [3.8, 4) is 0 Å². The van der Waals surface area contributed by atoms with Crippen molar-refractivity contribution < 1.29 is 19.1 Å². The van der Waals surface area contributed by atoms with Gasteiger partial charge in [0.05, 0.1) is 24.0 Å². The Balaban J connectivity index is 1.90. The third kappa shape index (κ3) is 4.23. The van der Waals surface area contributed by atoms with Gasteiger partial charge in [-0.2, -0.15) is 0 Å². The summed E-state index contributed by atoms with van der Waals surface area (Å²) in [7, 11) is 1.25. The number of thioether (sulfide) groups is 1. The summed E-state index contributed by atoms with van der Waals surface area (Å²) in [4.78, 5) is 58.9. The fourth-order valence-corrected chi connectivity index (χ4v) is 5.12. The van der Waals surface area contributed by atoms with Crippen LogP contribution in [0.4, 0.5) is 5.82 Å². The van der Waals surface area contributed by atoms with Gasteiger partial charge in [0.1, 0.15) is 21.8 Å². The number of fused-ring (bicyclic) bond motifs is 1. The largest absolute Gasteiger partial charge is 0.469 e. The summed E-state index contributed by atoms with van der Waals surface area (Å²) in [5.74, 6) is -1.01. The molecule has 12 heteroatoms. The lowest BCUT2D eigenvalue weighted by molar-refractivity contribution is -0.143. The number of pyridine rings is 1. The molecule has 2 fully saturated rings. The van der Waals surface area contributed by atoms with E-state index in [0.717, 1.165) is 11.8 Å². The predicted octanol–water partition coefficient (Wildman–Crippen LogP) is 0.784. The number of thiocarbonyl (C=S) groups is 1. The van der Waals surface area contributed by atoms with Crippen LogP contribution in [0.2, 0.25) is 0 Å². The molecular weight excluding hydrogens is 466 g/mol. The summed E-state index contributed by atoms with van der Waals surface area (Å²) < 4.78 is 6.53. The van der Waals surface area contributed by atoms with Crippen molar-refractivity contribution in [2.45, 2.75) is 19.4 Å². The molecular formula is C21H21N5O5S2. The first kappa shape index (κ1) is 22.9. The Kier molecular flexibility index (Phi) is 6.47. The van der Waals surface area contributed by atoms with Gasteiger partial charge in [0.15, 0.2) is 0 Å². The molecule has 2 amide bonds. The molecule has 0 bridgehead atoms. The second-order valence-corrected chi connectivity index (χ2v) is 8.97. The monoisotopic (exact) mass is 487 g/mol. The van der Waals surface area contributed by atoms with Crippen molar-refractivity contribution in [2.75, 3.05) is 31.6 Å². The molecule has 0 spiro atoms. The Morgan fingerprint density at radius 1 is 1.36 bits per heavy atom. The van der Waals surface area contributed by atoms with Gasteiger partial charge in [0, 0.05) is 25.8 Å². The number of nitrogens with zero attached hydrogens (tertiary/aromatic N) is 4. The number of aromatic nitrogens is 2. The maximum Gasteiger partial charge on any atom is 0.308 e. The first-order chi connectivity index (χ1) is 15.8. The van der Waals surface area contributed by atoms with Gasteiger partial charge in [-0.1, -0.05) is 30.0 Å². The SMILES string of the molecule is CCN1C(=O)/C(=C/c2c(N3CCNC(=O)[C@H]3CC(=O)OC)nc3ccccn3c2=O)SC1=S. The number of anilines is 1. The molecule has 4 rings (SSSR count). The molecule has 172 valence electrons. The Morgan fingerprint density at radius 2 is 2.15 bits per heavy atom. The van der Waals surface area contributed by atoms with E-state index in [9.17, 15) is 19.2 Å². The van der Waals surface area contributed by atoms with Crippen LogP contribution in [-0.4, -0.2) is 69.2 Å². The van der Waals surface area contributed by atoms with E-state index in [-0.39, 0.29) is 29.6 Å². The number of carbonyl (C=O) groups is 3. The average Bonchev–Trinajstić information content (AvgIpc) is 3.08. The van der Waals surface area contributed by atoms with Crippen LogP contribution in [0.1, 0.15) is 18.9 Å². The molecule has 0 unspecified atom stereocenters. The van der Waals surface area contributed by atoms with E-state index in [2.05, 4.69) is 10.3 Å². The molecule has 0 aliphatic carbocycles. The Morgan fingerprint density at radius 3 is 2.85 bits per heavy atom. The van der Waals surface area contributed by atoms with E-state index in [1.54, 1.807) is 29.3 Å². The summed E-state index contributed by atoms with van der Waals surface area (Å²) in [6.45, 7) is 2.86. The molecule has 2 saturated heterocycles. The van der Waals surface area contributed by atoms with Gasteiger partial charge in [-0.15, -0.1) is 0 Å². The number of ether oxygens (including phenoxy) is 1. The van der Waals surface area contributed by atoms with E-state index < -0.39 is 17.6 Å². The summed E-state index contributed by atoms with van der Waals surface area (Å²) in [5.41, 5.74) is 0.110. The highest BCUT2D eigenvalue weighted by atomic mass is 32.2. The number of piperazine rings is 1. The molecule has 4 heterocycles. The van der Waals surface area contributed by atoms with E-state index >= 15 is 0 Å². The minimum Gasteiger partial charge on any atom is -0.469 e. The number of amides is 2. The van der Waals surface area contributed by atoms with Gasteiger partial charge in [0.2, 0.25) is 5.91 Å². The van der Waals surface area contributed by atoms with Crippen molar-refractivity contribution in [2.24, 2.45) is 0 Å². The quantitative estimate of drug-likeness (QED) is 0.371. The molecule has 0 saturated carbocycles.